The van der Waals surface area contributed by atoms with Gasteiger partial charge in [-0.2, -0.15) is 0 Å². The molecule has 0 aromatic heterocycles. The standard InChI is InChI=1S/C15H11ClINO3/c1-8-6-10(3-4-11(8)15(20)21)18-14(19)12-7-9(16)2-5-13(12)17/h2-7H,1H3,(H,18,19)(H,20,21). The van der Waals surface area contributed by atoms with Crippen LogP contribution in [0, 0.1) is 10.5 Å². The Labute approximate surface area is 140 Å². The minimum absolute atomic E-state index is 0.213. The largest absolute Gasteiger partial charge is 0.478 e. The summed E-state index contributed by atoms with van der Waals surface area (Å²) in [5.41, 5.74) is 1.81. The van der Waals surface area contributed by atoms with Gasteiger partial charge >= 0.3 is 5.97 Å². The maximum absolute atomic E-state index is 12.2. The molecule has 0 radical (unpaired) electrons. The summed E-state index contributed by atoms with van der Waals surface area (Å²) in [5, 5.41) is 12.2. The lowest BCUT2D eigenvalue weighted by atomic mass is 10.1. The number of aryl methyl sites for hydroxylation is 1. The molecule has 2 N–H and O–H groups in total. The van der Waals surface area contributed by atoms with Gasteiger partial charge in [0.15, 0.2) is 0 Å². The molecule has 0 saturated carbocycles. The second kappa shape index (κ2) is 6.44. The number of hydrogen-bond donors (Lipinski definition) is 2. The van der Waals surface area contributed by atoms with E-state index in [1.54, 1.807) is 37.3 Å². The zero-order valence-corrected chi connectivity index (χ0v) is 13.9. The fourth-order valence-corrected chi connectivity index (χ4v) is 2.60. The molecule has 0 aliphatic rings. The summed E-state index contributed by atoms with van der Waals surface area (Å²) in [6.45, 7) is 1.68. The van der Waals surface area contributed by atoms with E-state index in [2.05, 4.69) is 27.9 Å². The minimum Gasteiger partial charge on any atom is -0.478 e. The first-order chi connectivity index (χ1) is 9.88. The molecule has 0 aliphatic heterocycles. The lowest BCUT2D eigenvalue weighted by Crippen LogP contribution is -2.14. The molecule has 2 rings (SSSR count). The van der Waals surface area contributed by atoms with Crippen LogP contribution < -0.4 is 5.32 Å². The van der Waals surface area contributed by atoms with Crippen molar-refractivity contribution in [2.45, 2.75) is 6.92 Å². The molecule has 0 atom stereocenters. The van der Waals surface area contributed by atoms with E-state index in [9.17, 15) is 9.59 Å². The van der Waals surface area contributed by atoms with E-state index < -0.39 is 5.97 Å². The molecule has 6 heteroatoms. The molecule has 1 amide bonds. The van der Waals surface area contributed by atoms with E-state index in [4.69, 9.17) is 16.7 Å². The molecule has 108 valence electrons. The molecule has 4 nitrogen and oxygen atoms in total. The van der Waals surface area contributed by atoms with Crippen LogP contribution in [0.15, 0.2) is 36.4 Å². The lowest BCUT2D eigenvalue weighted by molar-refractivity contribution is 0.0696. The Morgan fingerprint density at radius 3 is 2.48 bits per heavy atom. The third kappa shape index (κ3) is 3.74. The van der Waals surface area contributed by atoms with Crippen LogP contribution in [0.25, 0.3) is 0 Å². The number of anilines is 1. The zero-order valence-electron chi connectivity index (χ0n) is 11.0. The van der Waals surface area contributed by atoms with Crippen LogP contribution in [-0.4, -0.2) is 17.0 Å². The third-order valence-electron chi connectivity index (χ3n) is 2.89. The third-order valence-corrected chi connectivity index (χ3v) is 4.06. The summed E-state index contributed by atoms with van der Waals surface area (Å²) in [6.07, 6.45) is 0. The molecule has 2 aromatic rings. The summed E-state index contributed by atoms with van der Waals surface area (Å²) < 4.78 is 0.786. The maximum atomic E-state index is 12.2. The Balaban J connectivity index is 2.26. The van der Waals surface area contributed by atoms with Gasteiger partial charge in [-0.05, 0) is 71.5 Å². The van der Waals surface area contributed by atoms with Gasteiger partial charge in [0.1, 0.15) is 0 Å². The van der Waals surface area contributed by atoms with Crippen molar-refractivity contribution in [3.63, 3.8) is 0 Å². The van der Waals surface area contributed by atoms with Crippen molar-refractivity contribution in [2.24, 2.45) is 0 Å². The molecule has 0 bridgehead atoms. The van der Waals surface area contributed by atoms with Crippen molar-refractivity contribution < 1.29 is 14.7 Å². The highest BCUT2D eigenvalue weighted by Crippen LogP contribution is 2.20. The Morgan fingerprint density at radius 2 is 1.86 bits per heavy atom. The van der Waals surface area contributed by atoms with Gasteiger partial charge in [-0.25, -0.2) is 4.79 Å². The predicted octanol–water partition coefficient (Wildman–Crippen LogP) is 4.20. The topological polar surface area (TPSA) is 66.4 Å². The molecular formula is C15H11ClINO3. The van der Waals surface area contributed by atoms with Gasteiger partial charge in [-0.1, -0.05) is 11.6 Å². The Bertz CT molecular complexity index is 731. The number of nitrogens with one attached hydrogen (secondary N) is 1. The number of carbonyl (C=O) groups excluding carboxylic acids is 1. The minimum atomic E-state index is -0.991. The van der Waals surface area contributed by atoms with Gasteiger partial charge in [0.25, 0.3) is 5.91 Å². The summed E-state index contributed by atoms with van der Waals surface area (Å²) in [5.74, 6) is -1.28. The summed E-state index contributed by atoms with van der Waals surface area (Å²) >= 11 is 7.95. The van der Waals surface area contributed by atoms with E-state index in [1.807, 2.05) is 0 Å². The van der Waals surface area contributed by atoms with Crippen molar-refractivity contribution in [2.75, 3.05) is 5.32 Å². The highest BCUT2D eigenvalue weighted by Gasteiger charge is 2.12. The van der Waals surface area contributed by atoms with Crippen molar-refractivity contribution in [1.29, 1.82) is 0 Å². The zero-order chi connectivity index (χ0) is 15.6. The first-order valence-electron chi connectivity index (χ1n) is 5.99. The van der Waals surface area contributed by atoms with E-state index in [0.29, 0.717) is 21.8 Å². The average molecular weight is 416 g/mol. The first-order valence-corrected chi connectivity index (χ1v) is 7.44. The quantitative estimate of drug-likeness (QED) is 0.738. The summed E-state index contributed by atoms with van der Waals surface area (Å²) in [7, 11) is 0. The molecule has 0 aliphatic carbocycles. The Hall–Kier alpha value is -1.60. The van der Waals surface area contributed by atoms with E-state index in [-0.39, 0.29) is 11.5 Å². The Kier molecular flexibility index (Phi) is 4.84. The summed E-state index contributed by atoms with van der Waals surface area (Å²) in [6, 6.07) is 9.72. The number of benzene rings is 2. The second-order valence-corrected chi connectivity index (χ2v) is 6.01. The number of carboxylic acids is 1. The maximum Gasteiger partial charge on any atom is 0.335 e. The molecule has 21 heavy (non-hydrogen) atoms. The highest BCUT2D eigenvalue weighted by molar-refractivity contribution is 14.1. The van der Waals surface area contributed by atoms with Crippen molar-refractivity contribution in [1.82, 2.24) is 0 Å². The molecular weight excluding hydrogens is 405 g/mol. The average Bonchev–Trinajstić information content (AvgIpc) is 2.41. The molecule has 0 spiro atoms. The number of aromatic carboxylic acids is 1. The van der Waals surface area contributed by atoms with E-state index in [0.717, 1.165) is 3.57 Å². The van der Waals surface area contributed by atoms with Gasteiger partial charge in [-0.15, -0.1) is 0 Å². The summed E-state index contributed by atoms with van der Waals surface area (Å²) in [4.78, 5) is 23.2. The fraction of sp³-hybridized carbons (Fsp3) is 0.0667. The van der Waals surface area contributed by atoms with Crippen LogP contribution in [0.5, 0.6) is 0 Å². The van der Waals surface area contributed by atoms with Gasteiger partial charge in [0, 0.05) is 14.3 Å². The van der Waals surface area contributed by atoms with E-state index >= 15 is 0 Å². The number of carbonyl (C=O) groups is 2. The van der Waals surface area contributed by atoms with Crippen LogP contribution >= 0.6 is 34.2 Å². The Morgan fingerprint density at radius 1 is 1.14 bits per heavy atom. The van der Waals surface area contributed by atoms with Crippen LogP contribution in [0.3, 0.4) is 0 Å². The van der Waals surface area contributed by atoms with Gasteiger partial charge in [0.2, 0.25) is 0 Å². The highest BCUT2D eigenvalue weighted by atomic mass is 127. The van der Waals surface area contributed by atoms with E-state index in [1.165, 1.54) is 6.07 Å². The van der Waals surface area contributed by atoms with Gasteiger partial charge in [-0.3, -0.25) is 4.79 Å². The van der Waals surface area contributed by atoms with Crippen LogP contribution in [0.4, 0.5) is 5.69 Å². The monoisotopic (exact) mass is 415 g/mol. The van der Waals surface area contributed by atoms with Crippen molar-refractivity contribution >= 4 is 51.8 Å². The number of rotatable bonds is 3. The molecule has 2 aromatic carbocycles. The number of carboxylic acid groups (broad SMARTS) is 1. The van der Waals surface area contributed by atoms with Crippen molar-refractivity contribution in [3.05, 3.63) is 61.7 Å². The van der Waals surface area contributed by atoms with Crippen LogP contribution in [0.2, 0.25) is 5.02 Å². The van der Waals surface area contributed by atoms with Crippen LogP contribution in [-0.2, 0) is 0 Å². The fourth-order valence-electron chi connectivity index (χ4n) is 1.85. The molecule has 0 heterocycles. The normalized spacial score (nSPS) is 10.2. The van der Waals surface area contributed by atoms with Crippen LogP contribution in [0.1, 0.15) is 26.3 Å². The second-order valence-electron chi connectivity index (χ2n) is 4.41. The molecule has 0 unspecified atom stereocenters. The first kappa shape index (κ1) is 15.8. The van der Waals surface area contributed by atoms with Gasteiger partial charge in [0.05, 0.1) is 11.1 Å². The molecule has 0 saturated heterocycles. The lowest BCUT2D eigenvalue weighted by Gasteiger charge is -2.09. The number of amides is 1. The van der Waals surface area contributed by atoms with Gasteiger partial charge < -0.3 is 10.4 Å². The predicted molar refractivity (Wildman–Crippen MR) is 90.3 cm³/mol. The smallest absolute Gasteiger partial charge is 0.335 e. The number of hydrogen-bond acceptors (Lipinski definition) is 2. The van der Waals surface area contributed by atoms with Crippen molar-refractivity contribution in [3.8, 4) is 0 Å². The number of halogens is 2. The molecule has 0 fully saturated rings. The SMILES string of the molecule is Cc1cc(NC(=O)c2cc(Cl)ccc2I)ccc1C(=O)O.